The van der Waals surface area contributed by atoms with Crippen molar-refractivity contribution in [1.29, 1.82) is 10.5 Å². The van der Waals surface area contributed by atoms with Gasteiger partial charge < -0.3 is 0 Å². The number of sulfone groups is 1. The van der Waals surface area contributed by atoms with E-state index in [1.165, 1.54) is 0 Å². The molecule has 0 heterocycles. The summed E-state index contributed by atoms with van der Waals surface area (Å²) in [5.74, 6) is -0.625. The van der Waals surface area contributed by atoms with Crippen molar-refractivity contribution < 1.29 is 8.42 Å². The lowest BCUT2D eigenvalue weighted by molar-refractivity contribution is 0.591. The van der Waals surface area contributed by atoms with Crippen molar-refractivity contribution in [2.24, 2.45) is 5.41 Å². The lowest BCUT2D eigenvalue weighted by Gasteiger charge is -2.05. The number of hydrogen-bond acceptors (Lipinski definition) is 4. The van der Waals surface area contributed by atoms with Crippen LogP contribution >= 0.6 is 0 Å². The molecular weight excluding hydrogens is 332 g/mol. The fourth-order valence-electron chi connectivity index (χ4n) is 3.34. The minimum Gasteiger partial charge on any atom is -0.223 e. The van der Waals surface area contributed by atoms with E-state index in [9.17, 15) is 18.9 Å². The van der Waals surface area contributed by atoms with Gasteiger partial charge in [0.1, 0.15) is 5.25 Å². The largest absolute Gasteiger partial charge is 0.223 e. The molecule has 1 aliphatic rings. The zero-order chi connectivity index (χ0) is 18.2. The molecule has 0 amide bonds. The topological polar surface area (TPSA) is 81.7 Å². The van der Waals surface area contributed by atoms with Crippen molar-refractivity contribution in [1.82, 2.24) is 0 Å². The Morgan fingerprint density at radius 1 is 1.00 bits per heavy atom. The van der Waals surface area contributed by atoms with Crippen LogP contribution in [0.1, 0.15) is 29.5 Å². The Morgan fingerprint density at radius 2 is 1.56 bits per heavy atom. The van der Waals surface area contributed by atoms with Gasteiger partial charge in [-0.1, -0.05) is 48.9 Å². The quantitative estimate of drug-likeness (QED) is 0.844. The summed E-state index contributed by atoms with van der Waals surface area (Å²) in [5.41, 5.74) is 1.27. The van der Waals surface area contributed by atoms with E-state index in [1.807, 2.05) is 50.3 Å². The van der Waals surface area contributed by atoms with Crippen LogP contribution in [0, 0.1) is 35.0 Å². The third-order valence-corrected chi connectivity index (χ3v) is 7.18. The molecule has 0 saturated heterocycles. The molecule has 126 valence electrons. The van der Waals surface area contributed by atoms with Crippen molar-refractivity contribution in [2.75, 3.05) is 0 Å². The first-order valence-corrected chi connectivity index (χ1v) is 9.67. The first-order chi connectivity index (χ1) is 11.9. The predicted octanol–water partition coefficient (Wildman–Crippen LogP) is 3.53. The number of nitrogens with zero attached hydrogens (tertiary/aromatic N) is 2. The minimum absolute atomic E-state index is 0.158. The minimum atomic E-state index is -3.77. The summed E-state index contributed by atoms with van der Waals surface area (Å²) >= 11 is 0. The number of benzene rings is 2. The smallest absolute Gasteiger partial charge is 0.184 e. The average molecular weight is 350 g/mol. The zero-order valence-corrected chi connectivity index (χ0v) is 14.9. The Morgan fingerprint density at radius 3 is 2.04 bits per heavy atom. The normalized spacial score (nSPS) is 21.1. The van der Waals surface area contributed by atoms with Crippen molar-refractivity contribution >= 4 is 9.84 Å². The highest BCUT2D eigenvalue weighted by Gasteiger charge is 2.73. The second-order valence-corrected chi connectivity index (χ2v) is 8.51. The van der Waals surface area contributed by atoms with Crippen LogP contribution in [0.3, 0.4) is 0 Å². The fraction of sp³-hybridized carbons (Fsp3) is 0.300. The van der Waals surface area contributed by atoms with E-state index in [2.05, 4.69) is 0 Å². The van der Waals surface area contributed by atoms with E-state index < -0.39 is 26.4 Å². The van der Waals surface area contributed by atoms with Crippen LogP contribution < -0.4 is 0 Å². The molecule has 2 atom stereocenters. The van der Waals surface area contributed by atoms with Crippen molar-refractivity contribution in [3.8, 4) is 12.1 Å². The van der Waals surface area contributed by atoms with Gasteiger partial charge >= 0.3 is 0 Å². The Bertz CT molecular complexity index is 964. The van der Waals surface area contributed by atoms with Crippen LogP contribution in [0.5, 0.6) is 0 Å². The maximum Gasteiger partial charge on any atom is 0.184 e. The van der Waals surface area contributed by atoms with E-state index in [1.54, 1.807) is 24.3 Å². The second kappa shape index (κ2) is 6.02. The van der Waals surface area contributed by atoms with Gasteiger partial charge in [-0.15, -0.1) is 0 Å². The molecule has 0 bridgehead atoms. The Hall–Kier alpha value is -2.63. The molecule has 25 heavy (non-hydrogen) atoms. The van der Waals surface area contributed by atoms with Gasteiger partial charge in [0.2, 0.25) is 0 Å². The molecule has 2 aromatic carbocycles. The van der Waals surface area contributed by atoms with Gasteiger partial charge in [-0.05, 0) is 36.6 Å². The summed E-state index contributed by atoms with van der Waals surface area (Å²) in [7, 11) is -3.77. The number of rotatable bonds is 4. The molecule has 4 nitrogen and oxygen atoms in total. The molecule has 3 rings (SSSR count). The van der Waals surface area contributed by atoms with Gasteiger partial charge in [0, 0.05) is 5.92 Å². The maximum absolute atomic E-state index is 13.0. The predicted molar refractivity (Wildman–Crippen MR) is 94.4 cm³/mol. The van der Waals surface area contributed by atoms with E-state index >= 15 is 0 Å². The Balaban J connectivity index is 2.06. The molecule has 0 radical (unpaired) electrons. The first kappa shape index (κ1) is 17.2. The zero-order valence-electron chi connectivity index (χ0n) is 14.1. The SMILES string of the molecule is CCc1ccc(C2C(S(=O)(=O)c3ccc(C)cc3)C2(C#N)C#N)cc1. The highest BCUT2D eigenvalue weighted by atomic mass is 32.2. The van der Waals surface area contributed by atoms with E-state index in [0.29, 0.717) is 0 Å². The summed E-state index contributed by atoms with van der Waals surface area (Å²) in [6.07, 6.45) is 0.873. The molecule has 1 saturated carbocycles. The van der Waals surface area contributed by atoms with Crippen LogP contribution in [0.2, 0.25) is 0 Å². The number of aryl methyl sites for hydroxylation is 2. The van der Waals surface area contributed by atoms with E-state index in [4.69, 9.17) is 0 Å². The standard InChI is InChI=1S/C20H18N2O2S/c1-3-15-6-8-16(9-7-15)18-19(20(18,12-21)13-22)25(23,24)17-10-4-14(2)5-11-17/h4-11,18-19H,3H2,1-2H3. The highest BCUT2D eigenvalue weighted by molar-refractivity contribution is 7.92. The Labute approximate surface area is 148 Å². The van der Waals surface area contributed by atoms with Crippen LogP contribution in [0.15, 0.2) is 53.4 Å². The van der Waals surface area contributed by atoms with Crippen LogP contribution in [0.4, 0.5) is 0 Å². The molecule has 0 aliphatic heterocycles. The summed E-state index contributed by atoms with van der Waals surface area (Å²) in [6.45, 7) is 3.91. The van der Waals surface area contributed by atoms with Gasteiger partial charge in [0.15, 0.2) is 15.3 Å². The molecule has 0 aromatic heterocycles. The molecule has 2 unspecified atom stereocenters. The first-order valence-electron chi connectivity index (χ1n) is 8.12. The summed E-state index contributed by atoms with van der Waals surface area (Å²) in [6, 6.07) is 18.0. The van der Waals surface area contributed by atoms with Crippen LogP contribution in [-0.4, -0.2) is 13.7 Å². The molecule has 1 fully saturated rings. The molecule has 5 heteroatoms. The van der Waals surface area contributed by atoms with Gasteiger partial charge in [0.25, 0.3) is 0 Å². The van der Waals surface area contributed by atoms with Crippen LogP contribution in [0.25, 0.3) is 0 Å². The third kappa shape index (κ3) is 2.62. The molecule has 0 spiro atoms. The van der Waals surface area contributed by atoms with E-state index in [-0.39, 0.29) is 4.90 Å². The lowest BCUT2D eigenvalue weighted by atomic mass is 10.0. The molecule has 1 aliphatic carbocycles. The second-order valence-electron chi connectivity index (χ2n) is 6.44. The lowest BCUT2D eigenvalue weighted by Crippen LogP contribution is -2.14. The summed E-state index contributed by atoms with van der Waals surface area (Å²) in [5, 5.41) is 18.1. The van der Waals surface area contributed by atoms with Crippen LogP contribution in [-0.2, 0) is 16.3 Å². The summed E-state index contributed by atoms with van der Waals surface area (Å²) in [4.78, 5) is 0.158. The van der Waals surface area contributed by atoms with Crippen molar-refractivity contribution in [3.63, 3.8) is 0 Å². The fourth-order valence-corrected chi connectivity index (χ4v) is 5.55. The van der Waals surface area contributed by atoms with Crippen molar-refractivity contribution in [2.45, 2.75) is 36.3 Å². The number of nitriles is 2. The van der Waals surface area contributed by atoms with Gasteiger partial charge in [-0.3, -0.25) is 0 Å². The van der Waals surface area contributed by atoms with Crippen molar-refractivity contribution in [3.05, 3.63) is 65.2 Å². The maximum atomic E-state index is 13.0. The Kier molecular flexibility index (Phi) is 4.14. The molecule has 0 N–H and O–H groups in total. The van der Waals surface area contributed by atoms with Gasteiger partial charge in [-0.2, -0.15) is 10.5 Å². The summed E-state index contributed by atoms with van der Waals surface area (Å²) < 4.78 is 26.1. The average Bonchev–Trinajstić information content (AvgIpc) is 3.33. The monoisotopic (exact) mass is 350 g/mol. The molecule has 2 aromatic rings. The van der Waals surface area contributed by atoms with E-state index in [0.717, 1.165) is 23.1 Å². The van der Waals surface area contributed by atoms with Gasteiger partial charge in [0.05, 0.1) is 17.0 Å². The van der Waals surface area contributed by atoms with Gasteiger partial charge in [-0.25, -0.2) is 8.42 Å². The third-order valence-electron chi connectivity index (χ3n) is 4.93. The number of hydrogen-bond donors (Lipinski definition) is 0. The highest BCUT2D eigenvalue weighted by Crippen LogP contribution is 2.63. The molecular formula is C20H18N2O2S.